The van der Waals surface area contributed by atoms with Gasteiger partial charge >= 0.3 is 0 Å². The molecule has 5 fully saturated rings. The zero-order valence-corrected chi connectivity index (χ0v) is 25.8. The second kappa shape index (κ2) is 12.8. The number of aliphatic hydroxyl groups excluding tert-OH is 2. The first-order valence-electron chi connectivity index (χ1n) is 16.2. The van der Waals surface area contributed by atoms with E-state index in [1.54, 1.807) is 6.08 Å². The zero-order chi connectivity index (χ0) is 28.3. The van der Waals surface area contributed by atoms with Gasteiger partial charge in [0.2, 0.25) is 0 Å². The fourth-order valence-corrected chi connectivity index (χ4v) is 11.0. The average Bonchev–Trinajstić information content (AvgIpc) is 3.38. The fourth-order valence-electron chi connectivity index (χ4n) is 11.0. The Hall–Kier alpha value is -1.16. The first kappa shape index (κ1) is 30.8. The molecule has 3 nitrogen and oxygen atoms in total. The van der Waals surface area contributed by atoms with E-state index in [2.05, 4.69) is 44.8 Å². The lowest BCUT2D eigenvalue weighted by atomic mass is 9.37. The summed E-state index contributed by atoms with van der Waals surface area (Å²) in [6.45, 7) is 14.3. The van der Waals surface area contributed by atoms with Gasteiger partial charge in [0.1, 0.15) is 0 Å². The second-order valence-electron chi connectivity index (χ2n) is 14.5. The van der Waals surface area contributed by atoms with Crippen molar-refractivity contribution in [1.29, 1.82) is 0 Å². The number of allylic oxidation sites excluding steroid dienone is 1. The van der Waals surface area contributed by atoms with Gasteiger partial charge in [-0.3, -0.25) is 0 Å². The van der Waals surface area contributed by atoms with E-state index < -0.39 is 0 Å². The van der Waals surface area contributed by atoms with Crippen molar-refractivity contribution in [2.24, 2.45) is 51.8 Å². The molecule has 1 aromatic carbocycles. The standard InChI is InChI=1S/C25H42O2.C8H11N.C3H6/c1-16-18-8-12-24(3)19-9-14-25(15-26)11-4-5-20(25)17(19)6-7-22(24)23(18,2)13-10-21(16)27;1-9-7-8-5-3-2-4-6-8;1-3-2/h16-22,26-27H,4-15H2,1-3H3;2-6,9H,7H2,1H3;3H,1H2,2H3. The molecule has 0 aliphatic heterocycles. The van der Waals surface area contributed by atoms with Gasteiger partial charge in [0, 0.05) is 13.2 Å². The van der Waals surface area contributed by atoms with E-state index in [1.165, 1.54) is 69.8 Å². The van der Waals surface area contributed by atoms with Crippen LogP contribution in [-0.4, -0.2) is 30.0 Å². The number of benzene rings is 1. The van der Waals surface area contributed by atoms with Gasteiger partial charge in [-0.1, -0.05) is 63.6 Å². The maximum absolute atomic E-state index is 10.5. The first-order valence-corrected chi connectivity index (χ1v) is 16.2. The van der Waals surface area contributed by atoms with Gasteiger partial charge in [-0.25, -0.2) is 0 Å². The Balaban J connectivity index is 0.000000247. The Morgan fingerprint density at radius 3 is 2.21 bits per heavy atom. The molecule has 10 atom stereocenters. The topological polar surface area (TPSA) is 52.5 Å². The first-order chi connectivity index (χ1) is 18.7. The van der Waals surface area contributed by atoms with Crippen LogP contribution in [0.3, 0.4) is 0 Å². The van der Waals surface area contributed by atoms with E-state index in [-0.39, 0.29) is 11.5 Å². The minimum atomic E-state index is -0.0675. The van der Waals surface area contributed by atoms with Crippen molar-refractivity contribution >= 4 is 0 Å². The summed E-state index contributed by atoms with van der Waals surface area (Å²) in [5.74, 6) is 4.62. The number of rotatable bonds is 3. The van der Waals surface area contributed by atoms with E-state index in [0.29, 0.717) is 23.4 Å². The Morgan fingerprint density at radius 1 is 0.897 bits per heavy atom. The molecule has 0 amide bonds. The molecular formula is C36H59NO2. The van der Waals surface area contributed by atoms with Crippen LogP contribution >= 0.6 is 0 Å². The molecule has 220 valence electrons. The molecule has 0 saturated heterocycles. The molecule has 5 aliphatic rings. The zero-order valence-electron chi connectivity index (χ0n) is 25.8. The SMILES string of the molecule is C=CC.CC1C(O)CCC2(C)C1CCC1(C)C3CCC4(CO)CCCC4C3CCC21.CNCc1ccccc1. The normalized spacial score (nSPS) is 44.1. The van der Waals surface area contributed by atoms with Crippen molar-refractivity contribution < 1.29 is 10.2 Å². The van der Waals surface area contributed by atoms with Crippen LogP contribution in [0.4, 0.5) is 0 Å². The van der Waals surface area contributed by atoms with Gasteiger partial charge in [-0.2, -0.15) is 0 Å². The summed E-state index contributed by atoms with van der Waals surface area (Å²) in [5, 5.41) is 23.9. The molecule has 3 N–H and O–H groups in total. The van der Waals surface area contributed by atoms with Gasteiger partial charge < -0.3 is 15.5 Å². The third-order valence-corrected chi connectivity index (χ3v) is 12.8. The van der Waals surface area contributed by atoms with Crippen LogP contribution in [0.2, 0.25) is 0 Å². The second-order valence-corrected chi connectivity index (χ2v) is 14.5. The van der Waals surface area contributed by atoms with Crippen LogP contribution in [-0.2, 0) is 6.54 Å². The smallest absolute Gasteiger partial charge is 0.0568 e. The predicted octanol–water partition coefficient (Wildman–Crippen LogP) is 8.01. The highest BCUT2D eigenvalue weighted by atomic mass is 16.3. The summed E-state index contributed by atoms with van der Waals surface area (Å²) in [4.78, 5) is 0. The third-order valence-electron chi connectivity index (χ3n) is 12.8. The Labute approximate surface area is 240 Å². The summed E-state index contributed by atoms with van der Waals surface area (Å²) in [7, 11) is 1.95. The summed E-state index contributed by atoms with van der Waals surface area (Å²) in [6, 6.07) is 10.3. The molecule has 5 aliphatic carbocycles. The summed E-state index contributed by atoms with van der Waals surface area (Å²) in [6.07, 6.45) is 16.2. The Bertz CT molecular complexity index is 918. The predicted molar refractivity (Wildman–Crippen MR) is 164 cm³/mol. The molecule has 0 spiro atoms. The Morgan fingerprint density at radius 2 is 1.54 bits per heavy atom. The maximum atomic E-state index is 10.5. The molecule has 10 unspecified atom stereocenters. The lowest BCUT2D eigenvalue weighted by Crippen LogP contribution is -2.61. The molecule has 6 rings (SSSR count). The lowest BCUT2D eigenvalue weighted by Gasteiger charge is -2.67. The van der Waals surface area contributed by atoms with E-state index in [0.717, 1.165) is 42.6 Å². The quantitative estimate of drug-likeness (QED) is 0.342. The van der Waals surface area contributed by atoms with Crippen molar-refractivity contribution in [3.8, 4) is 0 Å². The lowest BCUT2D eigenvalue weighted by molar-refractivity contribution is -0.197. The van der Waals surface area contributed by atoms with E-state index in [1.807, 2.05) is 32.2 Å². The van der Waals surface area contributed by atoms with Gasteiger partial charge in [0.15, 0.2) is 0 Å². The molecule has 1 aromatic rings. The summed E-state index contributed by atoms with van der Waals surface area (Å²) in [5.41, 5.74) is 2.56. The van der Waals surface area contributed by atoms with Crippen LogP contribution in [0.5, 0.6) is 0 Å². The van der Waals surface area contributed by atoms with Crippen molar-refractivity contribution in [3.63, 3.8) is 0 Å². The van der Waals surface area contributed by atoms with Crippen LogP contribution in [0, 0.1) is 51.8 Å². The molecule has 0 bridgehead atoms. The number of nitrogens with one attached hydrogen (secondary N) is 1. The molecule has 0 radical (unpaired) electrons. The van der Waals surface area contributed by atoms with Crippen LogP contribution in [0.15, 0.2) is 43.0 Å². The fraction of sp³-hybridized carbons (Fsp3) is 0.778. The van der Waals surface area contributed by atoms with Gasteiger partial charge in [0.25, 0.3) is 0 Å². The van der Waals surface area contributed by atoms with E-state index in [9.17, 15) is 10.2 Å². The van der Waals surface area contributed by atoms with Gasteiger partial charge in [-0.05, 0) is 135 Å². The summed E-state index contributed by atoms with van der Waals surface area (Å²) < 4.78 is 0. The number of aliphatic hydroxyl groups is 2. The van der Waals surface area contributed by atoms with Crippen LogP contribution in [0.1, 0.15) is 104 Å². The van der Waals surface area contributed by atoms with E-state index >= 15 is 0 Å². The van der Waals surface area contributed by atoms with Crippen molar-refractivity contribution in [2.75, 3.05) is 13.7 Å². The van der Waals surface area contributed by atoms with E-state index in [4.69, 9.17) is 0 Å². The molecule has 0 heterocycles. The van der Waals surface area contributed by atoms with Crippen LogP contribution in [0.25, 0.3) is 0 Å². The third kappa shape index (κ3) is 5.67. The molecule has 0 aromatic heterocycles. The number of hydrogen-bond acceptors (Lipinski definition) is 3. The minimum Gasteiger partial charge on any atom is -0.396 e. The largest absolute Gasteiger partial charge is 0.396 e. The van der Waals surface area contributed by atoms with Crippen LogP contribution < -0.4 is 5.32 Å². The average molecular weight is 538 g/mol. The maximum Gasteiger partial charge on any atom is 0.0568 e. The summed E-state index contributed by atoms with van der Waals surface area (Å²) >= 11 is 0. The van der Waals surface area contributed by atoms with Crippen molar-refractivity contribution in [2.45, 2.75) is 111 Å². The molecule has 39 heavy (non-hydrogen) atoms. The van der Waals surface area contributed by atoms with Crippen molar-refractivity contribution in [1.82, 2.24) is 5.32 Å². The molecule has 3 heteroatoms. The minimum absolute atomic E-state index is 0.0675. The van der Waals surface area contributed by atoms with Gasteiger partial charge in [0.05, 0.1) is 6.10 Å². The number of hydrogen-bond donors (Lipinski definition) is 3. The number of fused-ring (bicyclic) bond motifs is 7. The highest BCUT2D eigenvalue weighted by molar-refractivity contribution is 5.15. The molecular weight excluding hydrogens is 478 g/mol. The Kier molecular flexibility index (Phi) is 10.1. The highest BCUT2D eigenvalue weighted by Crippen LogP contribution is 2.71. The highest BCUT2D eigenvalue weighted by Gasteiger charge is 2.64. The monoisotopic (exact) mass is 537 g/mol. The molecule has 5 saturated carbocycles. The van der Waals surface area contributed by atoms with Crippen molar-refractivity contribution in [3.05, 3.63) is 48.6 Å². The van der Waals surface area contributed by atoms with Gasteiger partial charge in [-0.15, -0.1) is 6.58 Å².